The molecule has 1 fully saturated rings. The van der Waals surface area contributed by atoms with E-state index in [0.717, 1.165) is 36.0 Å². The molecule has 8 nitrogen and oxygen atoms in total. The minimum Gasteiger partial charge on any atom is -0.497 e. The molecule has 1 aromatic carbocycles. The third-order valence-electron chi connectivity index (χ3n) is 4.26. The molecule has 1 aromatic heterocycles. The number of nitrogens with one attached hydrogen (secondary N) is 2. The first-order valence-electron chi connectivity index (χ1n) is 9.03. The van der Waals surface area contributed by atoms with Crippen LogP contribution in [0.3, 0.4) is 0 Å². The van der Waals surface area contributed by atoms with Crippen LogP contribution in [0.15, 0.2) is 36.7 Å². The molecule has 3 rings (SSSR count). The van der Waals surface area contributed by atoms with E-state index < -0.39 is 0 Å². The summed E-state index contributed by atoms with van der Waals surface area (Å²) in [5, 5.41) is 6.12. The number of methoxy groups -OCH3 is 1. The number of amides is 1. The Kier molecular flexibility index (Phi) is 6.81. The van der Waals surface area contributed by atoms with E-state index in [4.69, 9.17) is 9.47 Å². The van der Waals surface area contributed by atoms with Crippen molar-refractivity contribution < 1.29 is 14.3 Å². The summed E-state index contributed by atoms with van der Waals surface area (Å²) in [7, 11) is 1.62. The van der Waals surface area contributed by atoms with Crippen molar-refractivity contribution in [1.82, 2.24) is 15.3 Å². The van der Waals surface area contributed by atoms with Crippen LogP contribution in [0.1, 0.15) is 5.56 Å². The molecule has 1 aliphatic rings. The van der Waals surface area contributed by atoms with Gasteiger partial charge in [-0.2, -0.15) is 0 Å². The van der Waals surface area contributed by atoms with Gasteiger partial charge in [0, 0.05) is 32.2 Å². The average molecular weight is 371 g/mol. The quantitative estimate of drug-likeness (QED) is 0.672. The van der Waals surface area contributed by atoms with Crippen molar-refractivity contribution in [3.63, 3.8) is 0 Å². The monoisotopic (exact) mass is 371 g/mol. The molecule has 1 saturated heterocycles. The van der Waals surface area contributed by atoms with Gasteiger partial charge in [-0.1, -0.05) is 12.1 Å². The van der Waals surface area contributed by atoms with E-state index >= 15 is 0 Å². The largest absolute Gasteiger partial charge is 0.497 e. The van der Waals surface area contributed by atoms with E-state index in [1.807, 2.05) is 30.3 Å². The molecule has 27 heavy (non-hydrogen) atoms. The molecule has 2 aromatic rings. The molecular weight excluding hydrogens is 346 g/mol. The zero-order valence-electron chi connectivity index (χ0n) is 15.5. The molecule has 1 amide bonds. The number of ether oxygens (including phenoxy) is 2. The minimum absolute atomic E-state index is 0.0151. The number of carbonyl (C=O) groups is 1. The fourth-order valence-corrected chi connectivity index (χ4v) is 2.79. The molecule has 0 radical (unpaired) electrons. The lowest BCUT2D eigenvalue weighted by molar-refractivity contribution is -0.120. The van der Waals surface area contributed by atoms with Gasteiger partial charge in [-0.05, 0) is 17.7 Å². The fraction of sp³-hybridized carbons (Fsp3) is 0.421. The van der Waals surface area contributed by atoms with Crippen molar-refractivity contribution in [2.24, 2.45) is 0 Å². The molecule has 2 N–H and O–H groups in total. The van der Waals surface area contributed by atoms with Gasteiger partial charge in [0.25, 0.3) is 0 Å². The van der Waals surface area contributed by atoms with Gasteiger partial charge in [0.1, 0.15) is 23.7 Å². The number of morpholine rings is 1. The topological polar surface area (TPSA) is 88.6 Å². The summed E-state index contributed by atoms with van der Waals surface area (Å²) in [6, 6.07) is 9.41. The maximum absolute atomic E-state index is 12.0. The second-order valence-corrected chi connectivity index (χ2v) is 6.16. The van der Waals surface area contributed by atoms with Gasteiger partial charge in [-0.3, -0.25) is 4.79 Å². The van der Waals surface area contributed by atoms with Gasteiger partial charge >= 0.3 is 0 Å². The van der Waals surface area contributed by atoms with Gasteiger partial charge in [0.15, 0.2) is 0 Å². The molecule has 8 heteroatoms. The van der Waals surface area contributed by atoms with Gasteiger partial charge in [-0.25, -0.2) is 9.97 Å². The first kappa shape index (κ1) is 18.9. The smallest absolute Gasteiger partial charge is 0.224 e. The standard InChI is InChI=1S/C19H25N5O3/c1-26-16-4-2-15(3-5-16)12-19(25)21-7-6-20-17-13-18(23-14-22-17)24-8-10-27-11-9-24/h2-5,13-14H,6-12H2,1H3,(H,21,25)(H,20,22,23). The molecule has 0 bridgehead atoms. The molecular formula is C19H25N5O3. The minimum atomic E-state index is -0.0151. The Morgan fingerprint density at radius 1 is 1.19 bits per heavy atom. The zero-order valence-corrected chi connectivity index (χ0v) is 15.5. The lowest BCUT2D eigenvalue weighted by Crippen LogP contribution is -2.36. The van der Waals surface area contributed by atoms with E-state index in [9.17, 15) is 4.79 Å². The van der Waals surface area contributed by atoms with E-state index in [0.29, 0.717) is 32.7 Å². The van der Waals surface area contributed by atoms with E-state index in [-0.39, 0.29) is 5.91 Å². The second-order valence-electron chi connectivity index (χ2n) is 6.16. The Morgan fingerprint density at radius 3 is 2.70 bits per heavy atom. The Bertz CT molecular complexity index is 732. The number of hydrogen-bond donors (Lipinski definition) is 2. The van der Waals surface area contributed by atoms with Crippen LogP contribution in [0.5, 0.6) is 5.75 Å². The molecule has 0 atom stereocenters. The maximum atomic E-state index is 12.0. The molecule has 144 valence electrons. The molecule has 0 spiro atoms. The third kappa shape index (κ3) is 5.82. The summed E-state index contributed by atoms with van der Waals surface area (Å²) in [5.74, 6) is 2.40. The highest BCUT2D eigenvalue weighted by molar-refractivity contribution is 5.78. The summed E-state index contributed by atoms with van der Waals surface area (Å²) in [5.41, 5.74) is 0.951. The lowest BCUT2D eigenvalue weighted by Gasteiger charge is -2.27. The average Bonchev–Trinajstić information content (AvgIpc) is 2.73. The number of hydrogen-bond acceptors (Lipinski definition) is 7. The summed E-state index contributed by atoms with van der Waals surface area (Å²) in [6.07, 6.45) is 1.90. The van der Waals surface area contributed by atoms with Crippen LogP contribution in [0.25, 0.3) is 0 Å². The van der Waals surface area contributed by atoms with Crippen molar-refractivity contribution in [1.29, 1.82) is 0 Å². The molecule has 0 aliphatic carbocycles. The third-order valence-corrected chi connectivity index (χ3v) is 4.26. The molecule has 1 aliphatic heterocycles. The van der Waals surface area contributed by atoms with Crippen molar-refractivity contribution in [3.8, 4) is 5.75 Å². The van der Waals surface area contributed by atoms with Crippen LogP contribution in [-0.4, -0.2) is 62.4 Å². The number of aromatic nitrogens is 2. The number of benzene rings is 1. The van der Waals surface area contributed by atoms with E-state index in [1.165, 1.54) is 0 Å². The predicted molar refractivity (Wildman–Crippen MR) is 103 cm³/mol. The number of rotatable bonds is 8. The molecule has 0 saturated carbocycles. The van der Waals surface area contributed by atoms with Gasteiger partial charge in [0.05, 0.1) is 26.7 Å². The Labute approximate surface area is 158 Å². The van der Waals surface area contributed by atoms with E-state index in [2.05, 4.69) is 25.5 Å². The predicted octanol–water partition coefficient (Wildman–Crippen LogP) is 1.09. The lowest BCUT2D eigenvalue weighted by atomic mass is 10.1. The van der Waals surface area contributed by atoms with Crippen LogP contribution in [0.2, 0.25) is 0 Å². The highest BCUT2D eigenvalue weighted by Crippen LogP contribution is 2.15. The van der Waals surface area contributed by atoms with Crippen LogP contribution in [0.4, 0.5) is 11.6 Å². The Hall–Kier alpha value is -2.87. The fourth-order valence-electron chi connectivity index (χ4n) is 2.79. The second kappa shape index (κ2) is 9.72. The zero-order chi connectivity index (χ0) is 18.9. The van der Waals surface area contributed by atoms with Crippen molar-refractivity contribution in [3.05, 3.63) is 42.2 Å². The first-order chi connectivity index (χ1) is 13.2. The van der Waals surface area contributed by atoms with Crippen LogP contribution in [-0.2, 0) is 16.0 Å². The maximum Gasteiger partial charge on any atom is 0.224 e. The highest BCUT2D eigenvalue weighted by atomic mass is 16.5. The summed E-state index contributed by atoms with van der Waals surface area (Å²) < 4.78 is 10.5. The first-order valence-corrected chi connectivity index (χ1v) is 9.03. The van der Waals surface area contributed by atoms with Crippen LogP contribution in [0, 0.1) is 0 Å². The van der Waals surface area contributed by atoms with Crippen molar-refractivity contribution in [2.45, 2.75) is 6.42 Å². The van der Waals surface area contributed by atoms with Crippen LogP contribution < -0.4 is 20.3 Å². The van der Waals surface area contributed by atoms with Gasteiger partial charge in [0.2, 0.25) is 5.91 Å². The van der Waals surface area contributed by atoms with Crippen LogP contribution >= 0.6 is 0 Å². The van der Waals surface area contributed by atoms with Crippen molar-refractivity contribution >= 4 is 17.5 Å². The normalized spacial score (nSPS) is 13.9. The summed E-state index contributed by atoms with van der Waals surface area (Å²) >= 11 is 0. The Balaban J connectivity index is 1.39. The molecule has 2 heterocycles. The molecule has 0 unspecified atom stereocenters. The highest BCUT2D eigenvalue weighted by Gasteiger charge is 2.12. The SMILES string of the molecule is COc1ccc(CC(=O)NCCNc2cc(N3CCOCC3)ncn2)cc1. The number of nitrogens with zero attached hydrogens (tertiary/aromatic N) is 3. The van der Waals surface area contributed by atoms with E-state index in [1.54, 1.807) is 13.4 Å². The van der Waals surface area contributed by atoms with Gasteiger partial charge in [-0.15, -0.1) is 0 Å². The van der Waals surface area contributed by atoms with Gasteiger partial charge < -0.3 is 25.0 Å². The number of anilines is 2. The number of carbonyl (C=O) groups excluding carboxylic acids is 1. The Morgan fingerprint density at radius 2 is 1.96 bits per heavy atom. The summed E-state index contributed by atoms with van der Waals surface area (Å²) in [6.45, 7) is 4.20. The van der Waals surface area contributed by atoms with Crippen molar-refractivity contribution in [2.75, 3.05) is 56.7 Å². The summed E-state index contributed by atoms with van der Waals surface area (Å²) in [4.78, 5) is 22.7.